The lowest BCUT2D eigenvalue weighted by Crippen LogP contribution is -2.52. The van der Waals surface area contributed by atoms with Crippen molar-refractivity contribution in [1.29, 1.82) is 0 Å². The van der Waals surface area contributed by atoms with Gasteiger partial charge in [0.1, 0.15) is 0 Å². The Morgan fingerprint density at radius 2 is 1.86 bits per heavy atom. The van der Waals surface area contributed by atoms with Crippen LogP contribution < -0.4 is 0 Å². The molecule has 0 spiro atoms. The number of aryl methyl sites for hydroxylation is 1. The summed E-state index contributed by atoms with van der Waals surface area (Å²) >= 11 is 3.63. The molecule has 1 heterocycles. The van der Waals surface area contributed by atoms with Crippen molar-refractivity contribution in [2.45, 2.75) is 44.2 Å². The van der Waals surface area contributed by atoms with Crippen LogP contribution in [0.25, 0.3) is 0 Å². The second kappa shape index (κ2) is 7.91. The lowest BCUT2D eigenvalue weighted by Gasteiger charge is -2.39. The van der Waals surface area contributed by atoms with E-state index in [1.807, 2.05) is 0 Å². The molecule has 0 aromatic heterocycles. The average Bonchev–Trinajstić information content (AvgIpc) is 2.96. The van der Waals surface area contributed by atoms with Crippen molar-refractivity contribution in [1.82, 2.24) is 9.80 Å². The quantitative estimate of drug-likeness (QED) is 0.867. The molecular formula is C18H27BrN2O. The van der Waals surface area contributed by atoms with Crippen molar-refractivity contribution in [3.63, 3.8) is 0 Å². The minimum atomic E-state index is -0.0815. The summed E-state index contributed by atoms with van der Waals surface area (Å²) in [5, 5.41) is 10.0. The van der Waals surface area contributed by atoms with E-state index in [1.54, 1.807) is 0 Å². The highest BCUT2D eigenvalue weighted by Gasteiger charge is 2.32. The third-order valence-corrected chi connectivity index (χ3v) is 5.97. The standard InChI is InChI=1S/C18H27BrN2O/c19-16-7-2-1-5-15(16)6-4-10-20-11-13-21(14-12-20)17-8-3-9-18(17)22/h1-2,5,7,17-18,22H,3-4,6,8-14H2/t17-,18-/m0/s1. The number of benzene rings is 1. The lowest BCUT2D eigenvalue weighted by atomic mass is 10.1. The predicted molar refractivity (Wildman–Crippen MR) is 94.1 cm³/mol. The number of aliphatic hydroxyl groups is 1. The molecule has 1 aromatic rings. The van der Waals surface area contributed by atoms with Crippen LogP contribution in [0.5, 0.6) is 0 Å². The molecule has 3 nitrogen and oxygen atoms in total. The fourth-order valence-corrected chi connectivity index (χ4v) is 4.34. The Kier molecular flexibility index (Phi) is 5.91. The van der Waals surface area contributed by atoms with E-state index in [-0.39, 0.29) is 6.10 Å². The predicted octanol–water partition coefficient (Wildman–Crippen LogP) is 2.91. The maximum absolute atomic E-state index is 10.0. The topological polar surface area (TPSA) is 26.7 Å². The fourth-order valence-electron chi connectivity index (χ4n) is 3.86. The van der Waals surface area contributed by atoms with E-state index in [9.17, 15) is 5.11 Å². The molecule has 0 radical (unpaired) electrons. The van der Waals surface area contributed by atoms with Crippen molar-refractivity contribution < 1.29 is 5.11 Å². The van der Waals surface area contributed by atoms with E-state index in [2.05, 4.69) is 50.0 Å². The van der Waals surface area contributed by atoms with Gasteiger partial charge in [-0.25, -0.2) is 0 Å². The first kappa shape index (κ1) is 16.4. The normalized spacial score (nSPS) is 27.4. The Hall–Kier alpha value is -0.420. The van der Waals surface area contributed by atoms with E-state index in [0.29, 0.717) is 6.04 Å². The minimum Gasteiger partial charge on any atom is -0.391 e. The molecule has 3 rings (SSSR count). The van der Waals surface area contributed by atoms with Crippen LogP contribution in [0.3, 0.4) is 0 Å². The van der Waals surface area contributed by atoms with Gasteiger partial charge in [-0.15, -0.1) is 0 Å². The first-order valence-corrected chi connectivity index (χ1v) is 9.41. The number of aliphatic hydroxyl groups excluding tert-OH is 1. The zero-order valence-corrected chi connectivity index (χ0v) is 14.8. The van der Waals surface area contributed by atoms with Gasteiger partial charge < -0.3 is 10.0 Å². The highest BCUT2D eigenvalue weighted by molar-refractivity contribution is 9.10. The van der Waals surface area contributed by atoms with Crippen molar-refractivity contribution in [2.75, 3.05) is 32.7 Å². The molecule has 2 aliphatic rings. The first-order chi connectivity index (χ1) is 10.7. The molecule has 1 aromatic carbocycles. The van der Waals surface area contributed by atoms with Gasteiger partial charge in [-0.3, -0.25) is 4.90 Å². The Morgan fingerprint density at radius 3 is 2.55 bits per heavy atom. The maximum Gasteiger partial charge on any atom is 0.0695 e. The van der Waals surface area contributed by atoms with Gasteiger partial charge in [0.2, 0.25) is 0 Å². The number of piperazine rings is 1. The molecule has 1 N–H and O–H groups in total. The number of halogens is 1. The maximum atomic E-state index is 10.0. The van der Waals surface area contributed by atoms with E-state index in [0.717, 1.165) is 39.0 Å². The van der Waals surface area contributed by atoms with Crippen molar-refractivity contribution in [3.8, 4) is 0 Å². The molecule has 122 valence electrons. The molecule has 2 fully saturated rings. The Labute approximate surface area is 142 Å². The van der Waals surface area contributed by atoms with E-state index in [4.69, 9.17) is 0 Å². The van der Waals surface area contributed by atoms with Gasteiger partial charge in [0.05, 0.1) is 6.10 Å². The van der Waals surface area contributed by atoms with Crippen molar-refractivity contribution in [2.24, 2.45) is 0 Å². The van der Waals surface area contributed by atoms with E-state index < -0.39 is 0 Å². The molecule has 4 heteroatoms. The van der Waals surface area contributed by atoms with Gasteiger partial charge in [-0.2, -0.15) is 0 Å². The summed E-state index contributed by atoms with van der Waals surface area (Å²) in [6.07, 6.45) is 5.65. The molecule has 1 aliphatic heterocycles. The summed E-state index contributed by atoms with van der Waals surface area (Å²) in [5.41, 5.74) is 1.41. The van der Waals surface area contributed by atoms with Crippen molar-refractivity contribution >= 4 is 15.9 Å². The fraction of sp³-hybridized carbons (Fsp3) is 0.667. The molecule has 0 bridgehead atoms. The molecule has 22 heavy (non-hydrogen) atoms. The van der Waals surface area contributed by atoms with Gasteiger partial charge in [0, 0.05) is 36.7 Å². The van der Waals surface area contributed by atoms with Crippen molar-refractivity contribution in [3.05, 3.63) is 34.3 Å². The second-order valence-electron chi connectivity index (χ2n) is 6.64. The number of hydrogen-bond acceptors (Lipinski definition) is 3. The smallest absolute Gasteiger partial charge is 0.0695 e. The first-order valence-electron chi connectivity index (χ1n) is 8.62. The zero-order valence-electron chi connectivity index (χ0n) is 13.3. The SMILES string of the molecule is O[C@H]1CCC[C@@H]1N1CCN(CCCc2ccccc2Br)CC1. The molecular weight excluding hydrogens is 340 g/mol. The van der Waals surface area contributed by atoms with E-state index in [1.165, 1.54) is 35.8 Å². The minimum absolute atomic E-state index is 0.0815. The highest BCUT2D eigenvalue weighted by Crippen LogP contribution is 2.25. The van der Waals surface area contributed by atoms with Crippen LogP contribution in [0.1, 0.15) is 31.2 Å². The highest BCUT2D eigenvalue weighted by atomic mass is 79.9. The van der Waals surface area contributed by atoms with Crippen LogP contribution in [0, 0.1) is 0 Å². The summed E-state index contributed by atoms with van der Waals surface area (Å²) < 4.78 is 1.23. The Balaban J connectivity index is 1.38. The lowest BCUT2D eigenvalue weighted by molar-refractivity contribution is 0.0353. The zero-order chi connectivity index (χ0) is 15.4. The number of rotatable bonds is 5. The molecule has 0 amide bonds. The molecule has 0 unspecified atom stereocenters. The van der Waals surface area contributed by atoms with Crippen LogP contribution in [-0.2, 0) is 6.42 Å². The summed E-state index contributed by atoms with van der Waals surface area (Å²) in [6.45, 7) is 5.73. The molecule has 1 saturated heterocycles. The van der Waals surface area contributed by atoms with Crippen LogP contribution in [0.4, 0.5) is 0 Å². The van der Waals surface area contributed by atoms with Crippen LogP contribution in [0.2, 0.25) is 0 Å². The van der Waals surface area contributed by atoms with Gasteiger partial charge in [0.15, 0.2) is 0 Å². The second-order valence-corrected chi connectivity index (χ2v) is 7.49. The number of hydrogen-bond donors (Lipinski definition) is 1. The summed E-state index contributed by atoms with van der Waals surface area (Å²) in [7, 11) is 0. The van der Waals surface area contributed by atoms with Crippen LogP contribution >= 0.6 is 15.9 Å². The van der Waals surface area contributed by atoms with Gasteiger partial charge in [-0.1, -0.05) is 34.1 Å². The third kappa shape index (κ3) is 4.10. The summed E-state index contributed by atoms with van der Waals surface area (Å²) in [5.74, 6) is 0. The van der Waals surface area contributed by atoms with Crippen LogP contribution in [-0.4, -0.2) is 59.8 Å². The summed E-state index contributed by atoms with van der Waals surface area (Å²) in [4.78, 5) is 5.09. The molecule has 2 atom stereocenters. The van der Waals surface area contributed by atoms with Gasteiger partial charge in [-0.05, 0) is 50.3 Å². The van der Waals surface area contributed by atoms with Crippen LogP contribution in [0.15, 0.2) is 28.7 Å². The average molecular weight is 367 g/mol. The monoisotopic (exact) mass is 366 g/mol. The van der Waals surface area contributed by atoms with Gasteiger partial charge in [0.25, 0.3) is 0 Å². The Bertz CT molecular complexity index is 474. The van der Waals surface area contributed by atoms with E-state index >= 15 is 0 Å². The third-order valence-electron chi connectivity index (χ3n) is 5.20. The van der Waals surface area contributed by atoms with Gasteiger partial charge >= 0.3 is 0 Å². The molecule has 1 aliphatic carbocycles. The summed E-state index contributed by atoms with van der Waals surface area (Å²) in [6, 6.07) is 8.96. The largest absolute Gasteiger partial charge is 0.391 e. The molecule has 1 saturated carbocycles. The number of nitrogens with zero attached hydrogens (tertiary/aromatic N) is 2. The Morgan fingerprint density at radius 1 is 1.09 bits per heavy atom.